The first-order valence-electron chi connectivity index (χ1n) is 2.87. The van der Waals surface area contributed by atoms with Gasteiger partial charge >= 0.3 is 0 Å². The minimum atomic E-state index is 0.101. The average Bonchev–Trinajstić information content (AvgIpc) is 2.34. The molecule has 0 bridgehead atoms. The molecular formula is C4H5N7. The Kier molecular flexibility index (Phi) is 0.945. The van der Waals surface area contributed by atoms with Gasteiger partial charge in [-0.3, -0.25) is 5.10 Å². The van der Waals surface area contributed by atoms with Gasteiger partial charge in [-0.05, 0) is 0 Å². The minimum absolute atomic E-state index is 0.101. The zero-order valence-corrected chi connectivity index (χ0v) is 5.44. The fraction of sp³-hybridized carbons (Fsp3) is 0. The molecule has 56 valence electrons. The van der Waals surface area contributed by atoms with Crippen LogP contribution >= 0.6 is 0 Å². The van der Waals surface area contributed by atoms with E-state index in [1.807, 2.05) is 0 Å². The van der Waals surface area contributed by atoms with Crippen molar-refractivity contribution in [3.05, 3.63) is 0 Å². The summed E-state index contributed by atoms with van der Waals surface area (Å²) in [6.07, 6.45) is 0. The molecule has 0 saturated heterocycles. The highest BCUT2D eigenvalue weighted by Crippen LogP contribution is 2.11. The van der Waals surface area contributed by atoms with Crippen LogP contribution in [0.1, 0.15) is 0 Å². The topological polar surface area (TPSA) is 119 Å². The zero-order valence-electron chi connectivity index (χ0n) is 5.44. The number of hydrogen-bond donors (Lipinski definition) is 3. The molecule has 0 amide bonds. The van der Waals surface area contributed by atoms with Crippen molar-refractivity contribution in [1.82, 2.24) is 25.4 Å². The molecule has 0 aliphatic carbocycles. The second-order valence-corrected chi connectivity index (χ2v) is 1.98. The molecule has 2 heterocycles. The Morgan fingerprint density at radius 3 is 2.82 bits per heavy atom. The third-order valence-corrected chi connectivity index (χ3v) is 1.24. The maximum atomic E-state index is 5.46. The van der Waals surface area contributed by atoms with Gasteiger partial charge in [-0.2, -0.15) is 9.97 Å². The van der Waals surface area contributed by atoms with E-state index < -0.39 is 0 Å². The molecule has 0 fully saturated rings. The zero-order chi connectivity index (χ0) is 7.84. The van der Waals surface area contributed by atoms with Gasteiger partial charge in [-0.1, -0.05) is 5.21 Å². The maximum Gasteiger partial charge on any atom is 0.224 e. The highest BCUT2D eigenvalue weighted by molar-refractivity contribution is 5.81. The number of aromatic amines is 1. The number of rotatable bonds is 0. The first-order chi connectivity index (χ1) is 5.27. The lowest BCUT2D eigenvalue weighted by atomic mass is 10.5. The van der Waals surface area contributed by atoms with Gasteiger partial charge in [-0.15, -0.1) is 5.10 Å². The fourth-order valence-electron chi connectivity index (χ4n) is 0.785. The molecule has 0 spiro atoms. The first-order valence-corrected chi connectivity index (χ1v) is 2.87. The Morgan fingerprint density at radius 2 is 2.00 bits per heavy atom. The van der Waals surface area contributed by atoms with Crippen LogP contribution in [0.2, 0.25) is 0 Å². The lowest BCUT2D eigenvalue weighted by molar-refractivity contribution is 0.955. The van der Waals surface area contributed by atoms with E-state index in [2.05, 4.69) is 25.4 Å². The van der Waals surface area contributed by atoms with E-state index in [-0.39, 0.29) is 11.8 Å². The summed E-state index contributed by atoms with van der Waals surface area (Å²) in [4.78, 5) is 7.49. The largest absolute Gasteiger partial charge is 0.382 e. The predicted octanol–water partition coefficient (Wildman–Crippen LogP) is -1.09. The third-order valence-electron chi connectivity index (χ3n) is 1.24. The lowest BCUT2D eigenvalue weighted by Crippen LogP contribution is -1.99. The van der Waals surface area contributed by atoms with E-state index in [0.29, 0.717) is 11.2 Å². The number of fused-ring (bicyclic) bond motifs is 1. The lowest BCUT2D eigenvalue weighted by Gasteiger charge is -1.93. The monoisotopic (exact) mass is 151 g/mol. The number of nitrogens with one attached hydrogen (secondary N) is 1. The molecule has 2 aromatic rings. The summed E-state index contributed by atoms with van der Waals surface area (Å²) in [6.45, 7) is 0. The summed E-state index contributed by atoms with van der Waals surface area (Å²) in [7, 11) is 0. The quantitative estimate of drug-likeness (QED) is 0.440. The van der Waals surface area contributed by atoms with E-state index >= 15 is 0 Å². The summed E-state index contributed by atoms with van der Waals surface area (Å²) < 4.78 is 0. The van der Waals surface area contributed by atoms with Crippen LogP contribution in [0.15, 0.2) is 0 Å². The number of hydrogen-bond acceptors (Lipinski definition) is 6. The van der Waals surface area contributed by atoms with Crippen LogP contribution < -0.4 is 11.5 Å². The summed E-state index contributed by atoms with van der Waals surface area (Å²) >= 11 is 0. The summed E-state index contributed by atoms with van der Waals surface area (Å²) in [5.41, 5.74) is 11.7. The highest BCUT2D eigenvalue weighted by Gasteiger charge is 2.04. The Bertz CT molecular complexity index is 390. The molecule has 5 N–H and O–H groups in total. The van der Waals surface area contributed by atoms with Gasteiger partial charge in [0.2, 0.25) is 11.6 Å². The van der Waals surface area contributed by atoms with Crippen molar-refractivity contribution in [1.29, 1.82) is 0 Å². The summed E-state index contributed by atoms with van der Waals surface area (Å²) in [5.74, 6) is 0.362. The Balaban J connectivity index is 2.91. The molecule has 2 rings (SSSR count). The van der Waals surface area contributed by atoms with Crippen LogP contribution in [0.25, 0.3) is 11.2 Å². The van der Waals surface area contributed by atoms with E-state index in [4.69, 9.17) is 11.5 Å². The van der Waals surface area contributed by atoms with Gasteiger partial charge in [0.1, 0.15) is 5.52 Å². The summed E-state index contributed by atoms with van der Waals surface area (Å²) in [5, 5.41) is 9.66. The van der Waals surface area contributed by atoms with Crippen LogP contribution in [0, 0.1) is 0 Å². The van der Waals surface area contributed by atoms with E-state index in [1.165, 1.54) is 0 Å². The average molecular weight is 151 g/mol. The predicted molar refractivity (Wildman–Crippen MR) is 38.3 cm³/mol. The molecule has 0 radical (unpaired) electrons. The van der Waals surface area contributed by atoms with Gasteiger partial charge in [0.25, 0.3) is 0 Å². The van der Waals surface area contributed by atoms with Crippen LogP contribution in [-0.2, 0) is 0 Å². The van der Waals surface area contributed by atoms with Gasteiger partial charge in [0.15, 0.2) is 5.82 Å². The molecule has 7 heteroatoms. The molecule has 2 aromatic heterocycles. The SMILES string of the molecule is Nc1nc(N)c2[nH]nnc2n1. The van der Waals surface area contributed by atoms with Crippen molar-refractivity contribution in [2.75, 3.05) is 11.5 Å². The molecule has 0 aromatic carbocycles. The molecule has 0 aliphatic rings. The van der Waals surface area contributed by atoms with Gasteiger partial charge in [0.05, 0.1) is 0 Å². The molecule has 0 unspecified atom stereocenters. The number of H-pyrrole nitrogens is 1. The normalized spacial score (nSPS) is 10.5. The van der Waals surface area contributed by atoms with Crippen LogP contribution in [-0.4, -0.2) is 25.4 Å². The third kappa shape index (κ3) is 0.741. The van der Waals surface area contributed by atoms with Gasteiger partial charge in [-0.25, -0.2) is 0 Å². The van der Waals surface area contributed by atoms with Gasteiger partial charge in [0, 0.05) is 0 Å². The smallest absolute Gasteiger partial charge is 0.224 e. The van der Waals surface area contributed by atoms with Crippen molar-refractivity contribution in [2.45, 2.75) is 0 Å². The standard InChI is InChI=1S/C4H5N7/c5-2-1-3(10-11-9-1)8-4(6)7-2/h(H5,5,6,7,8,9,10,11). The highest BCUT2D eigenvalue weighted by atomic mass is 15.4. The Hall–Kier alpha value is -1.92. The van der Waals surface area contributed by atoms with E-state index in [0.717, 1.165) is 0 Å². The van der Waals surface area contributed by atoms with Crippen molar-refractivity contribution >= 4 is 22.9 Å². The van der Waals surface area contributed by atoms with Crippen LogP contribution in [0.5, 0.6) is 0 Å². The number of anilines is 2. The van der Waals surface area contributed by atoms with Crippen molar-refractivity contribution in [3.8, 4) is 0 Å². The molecular weight excluding hydrogens is 146 g/mol. The van der Waals surface area contributed by atoms with E-state index in [9.17, 15) is 0 Å². The number of nitrogen functional groups attached to an aromatic ring is 2. The van der Waals surface area contributed by atoms with Crippen molar-refractivity contribution in [3.63, 3.8) is 0 Å². The van der Waals surface area contributed by atoms with Gasteiger partial charge < -0.3 is 11.5 Å². The molecule has 11 heavy (non-hydrogen) atoms. The molecule has 0 aliphatic heterocycles. The van der Waals surface area contributed by atoms with Crippen molar-refractivity contribution in [2.24, 2.45) is 0 Å². The fourth-order valence-corrected chi connectivity index (χ4v) is 0.785. The number of aromatic nitrogens is 5. The number of nitrogens with two attached hydrogens (primary N) is 2. The Morgan fingerprint density at radius 1 is 1.18 bits per heavy atom. The minimum Gasteiger partial charge on any atom is -0.382 e. The van der Waals surface area contributed by atoms with Crippen LogP contribution in [0.4, 0.5) is 11.8 Å². The van der Waals surface area contributed by atoms with Crippen molar-refractivity contribution < 1.29 is 0 Å². The molecule has 0 atom stereocenters. The number of nitrogens with zero attached hydrogens (tertiary/aromatic N) is 4. The first kappa shape index (κ1) is 5.83. The van der Waals surface area contributed by atoms with E-state index in [1.54, 1.807) is 0 Å². The maximum absolute atomic E-state index is 5.46. The second kappa shape index (κ2) is 1.78. The second-order valence-electron chi connectivity index (χ2n) is 1.98. The molecule has 7 nitrogen and oxygen atoms in total. The Labute approximate surface area is 60.8 Å². The van der Waals surface area contributed by atoms with Crippen LogP contribution in [0.3, 0.4) is 0 Å². The summed E-state index contributed by atoms with van der Waals surface area (Å²) in [6, 6.07) is 0. The molecule has 0 saturated carbocycles.